The van der Waals surface area contributed by atoms with E-state index in [-0.39, 0.29) is 29.7 Å². The van der Waals surface area contributed by atoms with Gasteiger partial charge in [-0.25, -0.2) is 9.97 Å². The summed E-state index contributed by atoms with van der Waals surface area (Å²) < 4.78 is 37.5. The average Bonchev–Trinajstić information content (AvgIpc) is 3.16. The Balaban J connectivity index is 1.00. The lowest BCUT2D eigenvalue weighted by molar-refractivity contribution is -0.124. The molecular formula is C25H33F2N5O3. The van der Waals surface area contributed by atoms with Crippen LogP contribution in [0.3, 0.4) is 0 Å². The predicted molar refractivity (Wildman–Crippen MR) is 123 cm³/mol. The maximum absolute atomic E-state index is 13.5. The van der Waals surface area contributed by atoms with Crippen molar-refractivity contribution in [3.05, 3.63) is 35.7 Å². The number of ether oxygens (including phenoxy) is 1. The molecule has 1 saturated heterocycles. The number of likely N-dealkylation sites (tertiary alicyclic amines) is 1. The van der Waals surface area contributed by atoms with E-state index >= 15 is 0 Å². The van der Waals surface area contributed by atoms with Gasteiger partial charge in [-0.05, 0) is 63.8 Å². The van der Waals surface area contributed by atoms with Crippen LogP contribution < -0.4 is 10.1 Å². The summed E-state index contributed by atoms with van der Waals surface area (Å²) in [4.78, 5) is 22.8. The fourth-order valence-electron chi connectivity index (χ4n) is 5.70. The number of hydrogen-bond acceptors (Lipinski definition) is 7. The molecule has 2 atom stereocenters. The Hall–Kier alpha value is -2.62. The molecule has 8 nitrogen and oxygen atoms in total. The van der Waals surface area contributed by atoms with Gasteiger partial charge in [0.1, 0.15) is 5.82 Å². The first-order valence-corrected chi connectivity index (χ1v) is 12.5. The Kier molecular flexibility index (Phi) is 6.50. The molecule has 0 spiro atoms. The maximum atomic E-state index is 13.5. The molecule has 2 aromatic rings. The number of carbonyl (C=O) groups is 1. The van der Waals surface area contributed by atoms with E-state index in [2.05, 4.69) is 25.3 Å². The van der Waals surface area contributed by atoms with Crippen LogP contribution in [0.1, 0.15) is 62.7 Å². The molecule has 190 valence electrons. The molecule has 1 N–H and O–H groups in total. The minimum absolute atomic E-state index is 0.0346. The number of piperidine rings is 1. The molecule has 2 saturated carbocycles. The number of fused-ring (bicyclic) bond motifs is 1. The van der Waals surface area contributed by atoms with Crippen LogP contribution >= 0.6 is 0 Å². The van der Waals surface area contributed by atoms with Gasteiger partial charge in [0.2, 0.25) is 5.76 Å². The monoisotopic (exact) mass is 489 g/mol. The van der Waals surface area contributed by atoms with Crippen molar-refractivity contribution in [1.29, 1.82) is 0 Å². The SMILES string of the molecule is Cc1ncc(OCC(=O)NC2CCC(CCN3CC4C[C@]4(c4cc(C(C)(F)F)on4)C3)CC2)cn1. The molecule has 1 unspecified atom stereocenters. The van der Waals surface area contributed by atoms with E-state index in [0.29, 0.717) is 29.1 Å². The third-order valence-corrected chi connectivity index (χ3v) is 7.86. The van der Waals surface area contributed by atoms with Gasteiger partial charge in [0, 0.05) is 37.5 Å². The van der Waals surface area contributed by atoms with E-state index in [4.69, 9.17) is 9.26 Å². The third-order valence-electron chi connectivity index (χ3n) is 7.86. The van der Waals surface area contributed by atoms with Crippen LogP contribution in [0.2, 0.25) is 0 Å². The van der Waals surface area contributed by atoms with Crippen LogP contribution in [0.4, 0.5) is 8.78 Å². The first-order valence-electron chi connectivity index (χ1n) is 12.5. The second-order valence-electron chi connectivity index (χ2n) is 10.6. The van der Waals surface area contributed by atoms with Gasteiger partial charge in [0.05, 0.1) is 18.1 Å². The van der Waals surface area contributed by atoms with E-state index < -0.39 is 5.92 Å². The van der Waals surface area contributed by atoms with Gasteiger partial charge < -0.3 is 19.5 Å². The number of alkyl halides is 2. The van der Waals surface area contributed by atoms with Crippen molar-refractivity contribution in [1.82, 2.24) is 25.3 Å². The van der Waals surface area contributed by atoms with Crippen molar-refractivity contribution in [2.75, 3.05) is 26.2 Å². The van der Waals surface area contributed by atoms with Gasteiger partial charge >= 0.3 is 5.92 Å². The molecule has 3 fully saturated rings. The van der Waals surface area contributed by atoms with E-state index in [1.165, 1.54) is 6.07 Å². The molecule has 0 aromatic carbocycles. The van der Waals surface area contributed by atoms with Crippen LogP contribution in [0.15, 0.2) is 23.0 Å². The van der Waals surface area contributed by atoms with E-state index in [0.717, 1.165) is 65.1 Å². The molecule has 1 aliphatic heterocycles. The fraction of sp³-hybridized carbons (Fsp3) is 0.680. The summed E-state index contributed by atoms with van der Waals surface area (Å²) >= 11 is 0. The van der Waals surface area contributed by atoms with Crippen LogP contribution in [0, 0.1) is 18.8 Å². The Labute approximate surface area is 203 Å². The fourth-order valence-corrected chi connectivity index (χ4v) is 5.70. The number of amides is 1. The van der Waals surface area contributed by atoms with Crippen molar-refractivity contribution >= 4 is 5.91 Å². The van der Waals surface area contributed by atoms with E-state index in [1.54, 1.807) is 19.3 Å². The maximum Gasteiger partial charge on any atom is 0.304 e. The molecule has 2 aromatic heterocycles. The lowest BCUT2D eigenvalue weighted by Gasteiger charge is -2.30. The summed E-state index contributed by atoms with van der Waals surface area (Å²) in [7, 11) is 0. The molecule has 5 rings (SSSR count). The minimum Gasteiger partial charge on any atom is -0.481 e. The van der Waals surface area contributed by atoms with Crippen molar-refractivity contribution in [3.8, 4) is 5.75 Å². The largest absolute Gasteiger partial charge is 0.481 e. The minimum atomic E-state index is -2.99. The lowest BCUT2D eigenvalue weighted by Crippen LogP contribution is -2.40. The summed E-state index contributed by atoms with van der Waals surface area (Å²) in [6.07, 6.45) is 9.41. The number of nitrogens with one attached hydrogen (secondary N) is 1. The quantitative estimate of drug-likeness (QED) is 0.575. The highest BCUT2D eigenvalue weighted by Crippen LogP contribution is 2.59. The average molecular weight is 490 g/mol. The highest BCUT2D eigenvalue weighted by atomic mass is 19.3. The van der Waals surface area contributed by atoms with Crippen LogP contribution in [0.5, 0.6) is 5.75 Å². The number of nitrogens with zero attached hydrogens (tertiary/aromatic N) is 4. The summed E-state index contributed by atoms with van der Waals surface area (Å²) in [5.41, 5.74) is 0.596. The molecule has 0 radical (unpaired) electrons. The topological polar surface area (TPSA) is 93.4 Å². The molecule has 35 heavy (non-hydrogen) atoms. The second-order valence-corrected chi connectivity index (χ2v) is 10.6. The normalized spacial score (nSPS) is 28.5. The number of hydrogen-bond donors (Lipinski definition) is 1. The second kappa shape index (κ2) is 9.44. The Morgan fingerprint density at radius 3 is 2.71 bits per heavy atom. The van der Waals surface area contributed by atoms with Crippen LogP contribution in [-0.2, 0) is 16.1 Å². The number of carbonyl (C=O) groups excluding carboxylic acids is 1. The molecule has 1 amide bonds. The first kappa shape index (κ1) is 24.1. The summed E-state index contributed by atoms with van der Waals surface area (Å²) in [6.45, 7) is 5.49. The number of halogens is 2. The standard InChI is InChI=1S/C25H33F2N5O3/c1-16-28-11-20(12-29-16)34-14-23(33)30-19-5-3-17(4-6-19)7-8-32-13-18-10-25(18,15-32)21-9-22(35-31-21)24(2,26)27/h9,11-12,17-19H,3-8,10,13-15H2,1-2H3,(H,30,33)/t17?,18?,19?,25-/m0/s1. The smallest absolute Gasteiger partial charge is 0.304 e. The molecule has 3 heterocycles. The number of aromatic nitrogens is 3. The van der Waals surface area contributed by atoms with Crippen molar-refractivity contribution in [2.24, 2.45) is 11.8 Å². The summed E-state index contributed by atoms with van der Waals surface area (Å²) in [6, 6.07) is 1.65. The van der Waals surface area contributed by atoms with Crippen LogP contribution in [0.25, 0.3) is 0 Å². The predicted octanol–water partition coefficient (Wildman–Crippen LogP) is 3.60. The summed E-state index contributed by atoms with van der Waals surface area (Å²) in [5, 5.41) is 7.08. The zero-order chi connectivity index (χ0) is 24.6. The third kappa shape index (κ3) is 5.47. The Bertz CT molecular complexity index is 1030. The van der Waals surface area contributed by atoms with Crippen LogP contribution in [-0.4, -0.2) is 58.2 Å². The van der Waals surface area contributed by atoms with Gasteiger partial charge in [-0.2, -0.15) is 8.78 Å². The lowest BCUT2D eigenvalue weighted by atomic mass is 9.84. The molecular weight excluding hydrogens is 456 g/mol. The Morgan fingerprint density at radius 1 is 1.29 bits per heavy atom. The zero-order valence-electron chi connectivity index (χ0n) is 20.3. The van der Waals surface area contributed by atoms with Gasteiger partial charge in [-0.15, -0.1) is 0 Å². The van der Waals surface area contributed by atoms with Gasteiger partial charge in [-0.1, -0.05) is 5.16 Å². The Morgan fingerprint density at radius 2 is 2.03 bits per heavy atom. The van der Waals surface area contributed by atoms with E-state index in [9.17, 15) is 13.6 Å². The van der Waals surface area contributed by atoms with Crippen molar-refractivity contribution in [3.63, 3.8) is 0 Å². The van der Waals surface area contributed by atoms with Gasteiger partial charge in [0.15, 0.2) is 12.4 Å². The van der Waals surface area contributed by atoms with Crippen molar-refractivity contribution < 1.29 is 22.8 Å². The van der Waals surface area contributed by atoms with Gasteiger partial charge in [0.25, 0.3) is 5.91 Å². The van der Waals surface area contributed by atoms with Crippen molar-refractivity contribution in [2.45, 2.75) is 69.8 Å². The molecule has 2 aliphatic carbocycles. The number of aryl methyl sites for hydroxylation is 1. The molecule has 3 aliphatic rings. The first-order chi connectivity index (χ1) is 16.7. The molecule has 10 heteroatoms. The highest BCUT2D eigenvalue weighted by Gasteiger charge is 2.62. The van der Waals surface area contributed by atoms with E-state index in [1.807, 2.05) is 0 Å². The highest BCUT2D eigenvalue weighted by molar-refractivity contribution is 5.77. The van der Waals surface area contributed by atoms with Gasteiger partial charge in [-0.3, -0.25) is 4.79 Å². The zero-order valence-corrected chi connectivity index (χ0v) is 20.3. The summed E-state index contributed by atoms with van der Waals surface area (Å²) in [5.74, 6) is -1.17. The molecule has 0 bridgehead atoms. The number of rotatable bonds is 9.